The minimum absolute atomic E-state index is 0.114. The molecule has 0 aliphatic rings. The van der Waals surface area contributed by atoms with Crippen molar-refractivity contribution in [2.75, 3.05) is 11.1 Å². The lowest BCUT2D eigenvalue weighted by Crippen LogP contribution is -2.13. The van der Waals surface area contributed by atoms with Gasteiger partial charge in [0.2, 0.25) is 0 Å². The van der Waals surface area contributed by atoms with Crippen molar-refractivity contribution in [3.8, 4) is 0 Å². The molecule has 98 valence electrons. The minimum Gasteiger partial charge on any atom is -0.399 e. The number of benzene rings is 2. The highest BCUT2D eigenvalue weighted by atomic mass is 35.5. The van der Waals surface area contributed by atoms with Crippen molar-refractivity contribution < 1.29 is 9.18 Å². The highest BCUT2D eigenvalue weighted by molar-refractivity contribution is 6.34. The van der Waals surface area contributed by atoms with Gasteiger partial charge in [-0.2, -0.15) is 0 Å². The van der Waals surface area contributed by atoms with E-state index in [9.17, 15) is 9.18 Å². The maximum atomic E-state index is 13.6. The van der Waals surface area contributed by atoms with Crippen LogP contribution in [0.1, 0.15) is 15.9 Å². The Hall–Kier alpha value is -2.07. The van der Waals surface area contributed by atoms with E-state index in [4.69, 9.17) is 17.3 Å². The van der Waals surface area contributed by atoms with E-state index in [1.807, 2.05) is 0 Å². The molecule has 1 amide bonds. The Morgan fingerprint density at radius 2 is 2.00 bits per heavy atom. The van der Waals surface area contributed by atoms with Crippen molar-refractivity contribution >= 4 is 28.9 Å². The lowest BCUT2D eigenvalue weighted by molar-refractivity contribution is 0.102. The van der Waals surface area contributed by atoms with Gasteiger partial charge in [0.1, 0.15) is 5.82 Å². The summed E-state index contributed by atoms with van der Waals surface area (Å²) in [6.45, 7) is 1.77. The fourth-order valence-corrected chi connectivity index (χ4v) is 1.90. The first-order valence-corrected chi connectivity index (χ1v) is 5.97. The molecule has 0 heterocycles. The van der Waals surface area contributed by atoms with Crippen molar-refractivity contribution in [2.45, 2.75) is 6.92 Å². The molecule has 2 rings (SSSR count). The van der Waals surface area contributed by atoms with E-state index in [1.165, 1.54) is 24.3 Å². The number of amides is 1. The molecule has 0 radical (unpaired) electrons. The van der Waals surface area contributed by atoms with Crippen LogP contribution in [-0.2, 0) is 0 Å². The third-order valence-corrected chi connectivity index (χ3v) is 2.92. The summed E-state index contributed by atoms with van der Waals surface area (Å²) in [4.78, 5) is 12.0. The van der Waals surface area contributed by atoms with Crippen LogP contribution in [0.15, 0.2) is 36.4 Å². The maximum Gasteiger partial charge on any atom is 0.257 e. The molecule has 0 atom stereocenters. The molecule has 0 bridgehead atoms. The first-order valence-electron chi connectivity index (χ1n) is 5.60. The third kappa shape index (κ3) is 3.03. The summed E-state index contributed by atoms with van der Waals surface area (Å²) in [5.41, 5.74) is 7.15. The van der Waals surface area contributed by atoms with Gasteiger partial charge in [0, 0.05) is 5.69 Å². The molecule has 0 spiro atoms. The van der Waals surface area contributed by atoms with Crippen LogP contribution in [0.4, 0.5) is 15.8 Å². The zero-order valence-corrected chi connectivity index (χ0v) is 11.0. The van der Waals surface area contributed by atoms with Gasteiger partial charge in [-0.25, -0.2) is 4.39 Å². The van der Waals surface area contributed by atoms with E-state index in [0.29, 0.717) is 5.69 Å². The zero-order valence-electron chi connectivity index (χ0n) is 10.2. The number of nitrogens with one attached hydrogen (secondary N) is 1. The van der Waals surface area contributed by atoms with Gasteiger partial charge in [0.05, 0.1) is 16.3 Å². The second-order valence-electron chi connectivity index (χ2n) is 4.18. The highest BCUT2D eigenvalue weighted by Crippen LogP contribution is 2.22. The van der Waals surface area contributed by atoms with Crippen molar-refractivity contribution in [1.29, 1.82) is 0 Å². The molecule has 0 aromatic heterocycles. The number of halogens is 2. The standard InChI is InChI=1S/C14H12ClFN2O/c1-8-2-5-13(12(16)6-8)18-14(19)10-4-3-9(17)7-11(10)15/h2-7H,17H2,1H3,(H,18,19). The van der Waals surface area contributed by atoms with Crippen molar-refractivity contribution in [3.63, 3.8) is 0 Å². The zero-order chi connectivity index (χ0) is 14.0. The molecular weight excluding hydrogens is 267 g/mol. The van der Waals surface area contributed by atoms with Gasteiger partial charge in [0.25, 0.3) is 5.91 Å². The van der Waals surface area contributed by atoms with Crippen LogP contribution >= 0.6 is 11.6 Å². The van der Waals surface area contributed by atoms with Crippen LogP contribution in [0, 0.1) is 12.7 Å². The molecule has 3 N–H and O–H groups in total. The Bertz CT molecular complexity index is 643. The number of carbonyl (C=O) groups excluding carboxylic acids is 1. The number of anilines is 2. The molecule has 0 aliphatic carbocycles. The van der Waals surface area contributed by atoms with E-state index in [-0.39, 0.29) is 16.3 Å². The van der Waals surface area contributed by atoms with Gasteiger partial charge in [-0.15, -0.1) is 0 Å². The topological polar surface area (TPSA) is 55.1 Å². The van der Waals surface area contributed by atoms with Crippen LogP contribution in [0.2, 0.25) is 5.02 Å². The number of nitrogens with two attached hydrogens (primary N) is 1. The first kappa shape index (κ1) is 13.4. The van der Waals surface area contributed by atoms with Crippen LogP contribution in [0.25, 0.3) is 0 Å². The molecule has 0 saturated heterocycles. The second kappa shape index (κ2) is 5.28. The highest BCUT2D eigenvalue weighted by Gasteiger charge is 2.12. The predicted octanol–water partition coefficient (Wildman–Crippen LogP) is 3.62. The van der Waals surface area contributed by atoms with Gasteiger partial charge in [0.15, 0.2) is 0 Å². The van der Waals surface area contributed by atoms with Crippen molar-refractivity contribution in [3.05, 3.63) is 58.4 Å². The van der Waals surface area contributed by atoms with Crippen LogP contribution in [0.3, 0.4) is 0 Å². The normalized spacial score (nSPS) is 10.3. The third-order valence-electron chi connectivity index (χ3n) is 2.61. The SMILES string of the molecule is Cc1ccc(NC(=O)c2ccc(N)cc2Cl)c(F)c1. The summed E-state index contributed by atoms with van der Waals surface area (Å²) in [7, 11) is 0. The Labute approximate surface area is 115 Å². The molecule has 2 aromatic carbocycles. The number of aryl methyl sites for hydroxylation is 1. The van der Waals surface area contributed by atoms with Gasteiger partial charge in [-0.05, 0) is 42.8 Å². The van der Waals surface area contributed by atoms with Gasteiger partial charge < -0.3 is 11.1 Å². The summed E-state index contributed by atoms with van der Waals surface area (Å²) in [5, 5.41) is 2.70. The monoisotopic (exact) mass is 278 g/mol. The molecule has 2 aromatic rings. The van der Waals surface area contributed by atoms with Crippen molar-refractivity contribution in [2.24, 2.45) is 0 Å². The smallest absolute Gasteiger partial charge is 0.257 e. The number of hydrogen-bond donors (Lipinski definition) is 2. The number of rotatable bonds is 2. The van der Waals surface area contributed by atoms with Crippen molar-refractivity contribution in [1.82, 2.24) is 0 Å². The molecule has 0 aliphatic heterocycles. The Morgan fingerprint density at radius 3 is 2.63 bits per heavy atom. The summed E-state index contributed by atoms with van der Waals surface area (Å²) in [6, 6.07) is 9.10. The van der Waals surface area contributed by atoms with Crippen LogP contribution in [0.5, 0.6) is 0 Å². The summed E-state index contributed by atoms with van der Waals surface area (Å²) >= 11 is 5.92. The number of nitrogen functional groups attached to an aromatic ring is 1. The molecule has 0 saturated carbocycles. The van der Waals surface area contributed by atoms with E-state index < -0.39 is 11.7 Å². The lowest BCUT2D eigenvalue weighted by Gasteiger charge is -2.08. The molecular formula is C14H12ClFN2O. The van der Waals surface area contributed by atoms with Gasteiger partial charge in [-0.3, -0.25) is 4.79 Å². The average Bonchev–Trinajstić information content (AvgIpc) is 2.32. The fourth-order valence-electron chi connectivity index (χ4n) is 1.63. The Balaban J connectivity index is 2.25. The number of hydrogen-bond acceptors (Lipinski definition) is 2. The Morgan fingerprint density at radius 1 is 1.26 bits per heavy atom. The molecule has 0 unspecified atom stereocenters. The summed E-state index contributed by atoms with van der Waals surface area (Å²) in [5.74, 6) is -0.965. The molecule has 3 nitrogen and oxygen atoms in total. The molecule has 19 heavy (non-hydrogen) atoms. The van der Waals surface area contributed by atoms with E-state index in [0.717, 1.165) is 5.56 Å². The van der Waals surface area contributed by atoms with Gasteiger partial charge in [-0.1, -0.05) is 17.7 Å². The molecule has 5 heteroatoms. The maximum absolute atomic E-state index is 13.6. The minimum atomic E-state index is -0.486. The summed E-state index contributed by atoms with van der Waals surface area (Å²) < 4.78 is 13.6. The lowest BCUT2D eigenvalue weighted by atomic mass is 10.1. The van der Waals surface area contributed by atoms with E-state index in [2.05, 4.69) is 5.32 Å². The predicted molar refractivity (Wildman–Crippen MR) is 75.0 cm³/mol. The quantitative estimate of drug-likeness (QED) is 0.824. The second-order valence-corrected chi connectivity index (χ2v) is 4.58. The first-order chi connectivity index (χ1) is 8.97. The fraction of sp³-hybridized carbons (Fsp3) is 0.0714. The van der Waals surface area contributed by atoms with Crippen LogP contribution in [-0.4, -0.2) is 5.91 Å². The van der Waals surface area contributed by atoms with Crippen LogP contribution < -0.4 is 11.1 Å². The largest absolute Gasteiger partial charge is 0.399 e. The molecule has 0 fully saturated rings. The Kier molecular flexibility index (Phi) is 3.71. The number of carbonyl (C=O) groups is 1. The van der Waals surface area contributed by atoms with Gasteiger partial charge >= 0.3 is 0 Å². The average molecular weight is 279 g/mol. The van der Waals surface area contributed by atoms with E-state index in [1.54, 1.807) is 19.1 Å². The van der Waals surface area contributed by atoms with E-state index >= 15 is 0 Å². The summed E-state index contributed by atoms with van der Waals surface area (Å²) in [6.07, 6.45) is 0.